The Hall–Kier alpha value is -2.34. The van der Waals surface area contributed by atoms with Crippen LogP contribution in [0.1, 0.15) is 30.4 Å². The zero-order valence-electron chi connectivity index (χ0n) is 13.8. The van der Waals surface area contributed by atoms with Crippen molar-refractivity contribution in [2.45, 2.75) is 38.2 Å². The number of likely N-dealkylation sites (tertiary alicyclic amines) is 1. The number of aromatic amines is 1. The molecule has 6 nitrogen and oxygen atoms in total. The minimum absolute atomic E-state index is 0.00579. The van der Waals surface area contributed by atoms with E-state index >= 15 is 0 Å². The van der Waals surface area contributed by atoms with Crippen molar-refractivity contribution in [2.75, 3.05) is 13.1 Å². The Balaban J connectivity index is 1.67. The molecule has 6 heteroatoms. The van der Waals surface area contributed by atoms with Crippen molar-refractivity contribution < 1.29 is 14.7 Å². The molecule has 0 radical (unpaired) electrons. The number of β-amino-alcohol motifs (C(OH)–C–C–N with tert-alkyl or cyclic N) is 1. The van der Waals surface area contributed by atoms with Gasteiger partial charge in [-0.2, -0.15) is 0 Å². The molecule has 0 bridgehead atoms. The lowest BCUT2D eigenvalue weighted by Gasteiger charge is -2.37. The molecule has 4 N–H and O–H groups in total. The monoisotopic (exact) mass is 329 g/mol. The number of hydrogen-bond donors (Lipinski definition) is 3. The summed E-state index contributed by atoms with van der Waals surface area (Å²) in [4.78, 5) is 28.7. The van der Waals surface area contributed by atoms with Crippen LogP contribution in [0.3, 0.4) is 0 Å². The van der Waals surface area contributed by atoms with Crippen molar-refractivity contribution in [1.29, 1.82) is 0 Å². The van der Waals surface area contributed by atoms with E-state index in [1.165, 1.54) is 5.56 Å². The fraction of sp³-hybridized carbons (Fsp3) is 0.444. The molecule has 0 spiro atoms. The number of rotatable bonds is 4. The fourth-order valence-corrected chi connectivity index (χ4v) is 3.42. The van der Waals surface area contributed by atoms with Crippen molar-refractivity contribution in [3.8, 4) is 0 Å². The molecule has 1 aliphatic rings. The summed E-state index contributed by atoms with van der Waals surface area (Å²) in [6.45, 7) is 2.60. The normalized spacial score (nSPS) is 21.2. The topological polar surface area (TPSA) is 99.4 Å². The Morgan fingerprint density at radius 2 is 2.21 bits per heavy atom. The van der Waals surface area contributed by atoms with Crippen molar-refractivity contribution in [1.82, 2.24) is 9.88 Å². The number of aliphatic hydroxyl groups is 1. The van der Waals surface area contributed by atoms with Crippen LogP contribution in [0.4, 0.5) is 0 Å². The molecule has 1 aromatic carbocycles. The first-order valence-electron chi connectivity index (χ1n) is 8.26. The SMILES string of the molecule is Cc1cccc2c(CCC(=O)N3CCC[C@@](O)(C(N)=O)C3)c[nH]c12. The van der Waals surface area contributed by atoms with Gasteiger partial charge in [-0.25, -0.2) is 0 Å². The number of benzene rings is 1. The minimum Gasteiger partial charge on any atom is -0.378 e. The molecule has 0 saturated carbocycles. The largest absolute Gasteiger partial charge is 0.378 e. The maximum absolute atomic E-state index is 12.5. The van der Waals surface area contributed by atoms with Crippen LogP contribution < -0.4 is 5.73 Å². The van der Waals surface area contributed by atoms with Gasteiger partial charge in [0.15, 0.2) is 5.60 Å². The van der Waals surface area contributed by atoms with Crippen LogP contribution in [0.15, 0.2) is 24.4 Å². The molecule has 128 valence electrons. The molecule has 2 heterocycles. The first kappa shape index (κ1) is 16.5. The number of carbonyl (C=O) groups excluding carboxylic acids is 2. The van der Waals surface area contributed by atoms with Gasteiger partial charge in [0.2, 0.25) is 5.91 Å². The third-order valence-electron chi connectivity index (χ3n) is 4.90. The molecular formula is C18H23N3O3. The average molecular weight is 329 g/mol. The third kappa shape index (κ3) is 3.01. The van der Waals surface area contributed by atoms with Crippen LogP contribution >= 0.6 is 0 Å². The van der Waals surface area contributed by atoms with E-state index in [2.05, 4.69) is 4.98 Å². The summed E-state index contributed by atoms with van der Waals surface area (Å²) in [7, 11) is 0. The van der Waals surface area contributed by atoms with E-state index in [4.69, 9.17) is 5.73 Å². The number of aromatic nitrogens is 1. The summed E-state index contributed by atoms with van der Waals surface area (Å²) in [5.41, 5.74) is 7.04. The van der Waals surface area contributed by atoms with Gasteiger partial charge in [-0.3, -0.25) is 9.59 Å². The van der Waals surface area contributed by atoms with Crippen molar-refractivity contribution in [2.24, 2.45) is 5.73 Å². The number of fused-ring (bicyclic) bond motifs is 1. The molecule has 3 rings (SSSR count). The number of amides is 2. The van der Waals surface area contributed by atoms with Gasteiger partial charge in [-0.15, -0.1) is 0 Å². The van der Waals surface area contributed by atoms with E-state index in [0.29, 0.717) is 32.2 Å². The Kier molecular flexibility index (Phi) is 4.32. The number of para-hydroxylation sites is 1. The number of nitrogens with two attached hydrogens (primary N) is 1. The Bertz CT molecular complexity index is 783. The minimum atomic E-state index is -1.59. The highest BCUT2D eigenvalue weighted by Crippen LogP contribution is 2.24. The van der Waals surface area contributed by atoms with E-state index in [9.17, 15) is 14.7 Å². The van der Waals surface area contributed by atoms with Gasteiger partial charge in [0.25, 0.3) is 5.91 Å². The van der Waals surface area contributed by atoms with Gasteiger partial charge < -0.3 is 20.7 Å². The highest BCUT2D eigenvalue weighted by molar-refractivity contribution is 5.87. The Morgan fingerprint density at radius 3 is 2.96 bits per heavy atom. The molecule has 0 aliphatic carbocycles. The maximum atomic E-state index is 12.5. The predicted molar refractivity (Wildman–Crippen MR) is 91.3 cm³/mol. The Morgan fingerprint density at radius 1 is 1.42 bits per heavy atom. The number of H-pyrrole nitrogens is 1. The van der Waals surface area contributed by atoms with Gasteiger partial charge >= 0.3 is 0 Å². The summed E-state index contributed by atoms with van der Waals surface area (Å²) < 4.78 is 0. The maximum Gasteiger partial charge on any atom is 0.251 e. The number of piperidine rings is 1. The number of aryl methyl sites for hydroxylation is 2. The van der Waals surface area contributed by atoms with Crippen LogP contribution in [-0.2, 0) is 16.0 Å². The number of primary amides is 1. The van der Waals surface area contributed by atoms with Crippen LogP contribution in [0.2, 0.25) is 0 Å². The number of carbonyl (C=O) groups is 2. The summed E-state index contributed by atoms with van der Waals surface area (Å²) in [6.07, 6.45) is 3.80. The van der Waals surface area contributed by atoms with Crippen molar-refractivity contribution in [3.63, 3.8) is 0 Å². The van der Waals surface area contributed by atoms with Crippen LogP contribution in [0.5, 0.6) is 0 Å². The zero-order valence-corrected chi connectivity index (χ0v) is 13.8. The van der Waals surface area contributed by atoms with Crippen molar-refractivity contribution in [3.05, 3.63) is 35.5 Å². The van der Waals surface area contributed by atoms with Crippen LogP contribution in [-0.4, -0.2) is 45.5 Å². The van der Waals surface area contributed by atoms with E-state index in [0.717, 1.165) is 16.5 Å². The lowest BCUT2D eigenvalue weighted by molar-refractivity contribution is -0.148. The molecule has 1 atom stereocenters. The predicted octanol–water partition coefficient (Wildman–Crippen LogP) is 1.25. The molecular weight excluding hydrogens is 306 g/mol. The molecule has 24 heavy (non-hydrogen) atoms. The molecule has 2 aromatic rings. The highest BCUT2D eigenvalue weighted by atomic mass is 16.3. The zero-order chi connectivity index (χ0) is 17.3. The van der Waals surface area contributed by atoms with E-state index < -0.39 is 11.5 Å². The lowest BCUT2D eigenvalue weighted by Crippen LogP contribution is -2.57. The number of hydrogen-bond acceptors (Lipinski definition) is 3. The highest BCUT2D eigenvalue weighted by Gasteiger charge is 2.39. The average Bonchev–Trinajstić information content (AvgIpc) is 2.97. The molecule has 1 saturated heterocycles. The standard InChI is InChI=1S/C18H23N3O3/c1-12-4-2-5-14-13(10-20-16(12)14)6-7-15(22)21-9-3-8-18(24,11-21)17(19)23/h2,4-5,10,20,24H,3,6-9,11H2,1H3,(H2,19,23)/t18-/m0/s1. The first-order valence-corrected chi connectivity index (χ1v) is 8.26. The quantitative estimate of drug-likeness (QED) is 0.787. The van der Waals surface area contributed by atoms with E-state index in [1.54, 1.807) is 4.90 Å². The van der Waals surface area contributed by atoms with Gasteiger partial charge in [0, 0.05) is 30.1 Å². The van der Waals surface area contributed by atoms with Gasteiger partial charge in [0.05, 0.1) is 6.54 Å². The second kappa shape index (κ2) is 6.28. The summed E-state index contributed by atoms with van der Waals surface area (Å²) in [5, 5.41) is 11.4. The van der Waals surface area contributed by atoms with E-state index in [-0.39, 0.29) is 12.5 Å². The van der Waals surface area contributed by atoms with E-state index in [1.807, 2.05) is 31.3 Å². The molecule has 1 aliphatic heterocycles. The smallest absolute Gasteiger partial charge is 0.251 e. The molecule has 2 amide bonds. The second-order valence-corrected chi connectivity index (χ2v) is 6.63. The van der Waals surface area contributed by atoms with Gasteiger partial charge in [0.1, 0.15) is 0 Å². The first-order chi connectivity index (χ1) is 11.4. The van der Waals surface area contributed by atoms with Crippen LogP contribution in [0, 0.1) is 6.92 Å². The number of nitrogens with zero attached hydrogens (tertiary/aromatic N) is 1. The lowest BCUT2D eigenvalue weighted by atomic mass is 9.92. The summed E-state index contributed by atoms with van der Waals surface area (Å²) in [6, 6.07) is 6.10. The molecule has 1 aromatic heterocycles. The molecule has 0 unspecified atom stereocenters. The summed E-state index contributed by atoms with van der Waals surface area (Å²) >= 11 is 0. The fourth-order valence-electron chi connectivity index (χ4n) is 3.42. The van der Waals surface area contributed by atoms with Gasteiger partial charge in [-0.1, -0.05) is 18.2 Å². The Labute approximate surface area is 140 Å². The summed E-state index contributed by atoms with van der Waals surface area (Å²) in [5.74, 6) is -0.816. The third-order valence-corrected chi connectivity index (χ3v) is 4.90. The van der Waals surface area contributed by atoms with Crippen molar-refractivity contribution >= 4 is 22.7 Å². The van der Waals surface area contributed by atoms with Crippen LogP contribution in [0.25, 0.3) is 10.9 Å². The second-order valence-electron chi connectivity index (χ2n) is 6.63. The van der Waals surface area contributed by atoms with Gasteiger partial charge in [-0.05, 0) is 37.3 Å². The number of nitrogens with one attached hydrogen (secondary N) is 1. The molecule has 1 fully saturated rings.